The van der Waals surface area contributed by atoms with Gasteiger partial charge in [0.2, 0.25) is 0 Å². The Balaban J connectivity index is 1.99. The minimum atomic E-state index is 0.119. The van der Waals surface area contributed by atoms with E-state index in [9.17, 15) is 0 Å². The van der Waals surface area contributed by atoms with E-state index in [0.29, 0.717) is 24.0 Å². The molecule has 0 aromatic carbocycles. The molecule has 1 heterocycles. The van der Waals surface area contributed by atoms with Crippen molar-refractivity contribution < 1.29 is 4.74 Å². The molecule has 0 amide bonds. The van der Waals surface area contributed by atoms with Gasteiger partial charge in [0.15, 0.2) is 0 Å². The van der Waals surface area contributed by atoms with E-state index in [1.165, 1.54) is 38.5 Å². The molecule has 17 heavy (non-hydrogen) atoms. The van der Waals surface area contributed by atoms with Crippen LogP contribution in [0.4, 0.5) is 0 Å². The number of rotatable bonds is 5. The van der Waals surface area contributed by atoms with Crippen LogP contribution in [0.25, 0.3) is 0 Å². The molecule has 0 N–H and O–H groups in total. The van der Waals surface area contributed by atoms with Crippen molar-refractivity contribution in [3.63, 3.8) is 0 Å². The van der Waals surface area contributed by atoms with Crippen molar-refractivity contribution in [1.29, 1.82) is 0 Å². The molecule has 0 aromatic rings. The fraction of sp³-hybridized carbons (Fsp3) is 1.00. The van der Waals surface area contributed by atoms with Gasteiger partial charge in [0.25, 0.3) is 0 Å². The van der Waals surface area contributed by atoms with Gasteiger partial charge >= 0.3 is 0 Å². The van der Waals surface area contributed by atoms with Gasteiger partial charge in [0.05, 0.1) is 12.2 Å². The SMILES string of the molecule is CC1CCC(CC(CCl)(CCl)C2CCCC2)O1. The number of hydrogen-bond donors (Lipinski definition) is 0. The van der Waals surface area contributed by atoms with Crippen molar-refractivity contribution in [3.8, 4) is 0 Å². The molecule has 2 unspecified atom stereocenters. The zero-order chi connectivity index (χ0) is 12.3. The van der Waals surface area contributed by atoms with Gasteiger partial charge in [-0.15, -0.1) is 23.2 Å². The summed E-state index contributed by atoms with van der Waals surface area (Å²) >= 11 is 12.6. The molecule has 0 aromatic heterocycles. The lowest BCUT2D eigenvalue weighted by atomic mass is 9.73. The van der Waals surface area contributed by atoms with Crippen LogP contribution >= 0.6 is 23.2 Å². The van der Waals surface area contributed by atoms with Crippen molar-refractivity contribution in [2.24, 2.45) is 11.3 Å². The van der Waals surface area contributed by atoms with Crippen LogP contribution in [0.3, 0.4) is 0 Å². The van der Waals surface area contributed by atoms with Crippen molar-refractivity contribution in [2.75, 3.05) is 11.8 Å². The lowest BCUT2D eigenvalue weighted by Crippen LogP contribution is -2.37. The van der Waals surface area contributed by atoms with E-state index in [2.05, 4.69) is 6.92 Å². The topological polar surface area (TPSA) is 9.23 Å². The average Bonchev–Trinajstić information content (AvgIpc) is 2.98. The van der Waals surface area contributed by atoms with Gasteiger partial charge in [0.1, 0.15) is 0 Å². The third kappa shape index (κ3) is 3.11. The first-order chi connectivity index (χ1) is 8.20. The molecule has 1 saturated carbocycles. The fourth-order valence-electron chi connectivity index (χ4n) is 3.56. The fourth-order valence-corrected chi connectivity index (χ4v) is 4.50. The molecule has 2 atom stereocenters. The van der Waals surface area contributed by atoms with E-state index in [1.807, 2.05) is 0 Å². The molecule has 2 fully saturated rings. The first kappa shape index (κ1) is 14.0. The number of hydrogen-bond acceptors (Lipinski definition) is 1. The Morgan fingerprint density at radius 2 is 1.71 bits per heavy atom. The van der Waals surface area contributed by atoms with E-state index < -0.39 is 0 Å². The zero-order valence-corrected chi connectivity index (χ0v) is 12.3. The van der Waals surface area contributed by atoms with Crippen molar-refractivity contribution >= 4 is 23.2 Å². The minimum Gasteiger partial charge on any atom is -0.375 e. The van der Waals surface area contributed by atoms with E-state index >= 15 is 0 Å². The monoisotopic (exact) mass is 278 g/mol. The van der Waals surface area contributed by atoms with Crippen molar-refractivity contribution in [3.05, 3.63) is 0 Å². The Hall–Kier alpha value is 0.540. The van der Waals surface area contributed by atoms with E-state index in [0.717, 1.165) is 12.3 Å². The maximum atomic E-state index is 6.28. The summed E-state index contributed by atoms with van der Waals surface area (Å²) < 4.78 is 5.96. The Morgan fingerprint density at radius 3 is 2.18 bits per heavy atom. The maximum Gasteiger partial charge on any atom is 0.0586 e. The summed E-state index contributed by atoms with van der Waals surface area (Å²) in [4.78, 5) is 0. The summed E-state index contributed by atoms with van der Waals surface area (Å²) in [6, 6.07) is 0. The Labute approximate surface area is 115 Å². The summed E-state index contributed by atoms with van der Waals surface area (Å²) in [6.07, 6.45) is 9.57. The van der Waals surface area contributed by atoms with Crippen molar-refractivity contribution in [2.45, 2.75) is 64.1 Å². The van der Waals surface area contributed by atoms with Gasteiger partial charge in [0, 0.05) is 17.2 Å². The predicted molar refractivity (Wildman–Crippen MR) is 74.0 cm³/mol. The molecule has 1 nitrogen and oxygen atoms in total. The van der Waals surface area contributed by atoms with Crippen LogP contribution in [0, 0.1) is 11.3 Å². The normalized spacial score (nSPS) is 31.2. The standard InChI is InChI=1S/C14H24Cl2O/c1-11-6-7-13(17-11)8-14(9-15,10-16)12-4-2-3-5-12/h11-13H,2-10H2,1H3. The third-order valence-corrected chi connectivity index (χ3v) is 5.77. The first-order valence-corrected chi connectivity index (χ1v) is 8.04. The average molecular weight is 279 g/mol. The molecule has 2 rings (SSSR count). The lowest BCUT2D eigenvalue weighted by Gasteiger charge is -2.37. The second kappa shape index (κ2) is 6.12. The highest BCUT2D eigenvalue weighted by Crippen LogP contribution is 2.46. The lowest BCUT2D eigenvalue weighted by molar-refractivity contribution is 0.0173. The summed E-state index contributed by atoms with van der Waals surface area (Å²) in [5.41, 5.74) is 0.119. The van der Waals surface area contributed by atoms with Crippen molar-refractivity contribution in [1.82, 2.24) is 0 Å². The molecule has 100 valence electrons. The van der Waals surface area contributed by atoms with Gasteiger partial charge in [-0.2, -0.15) is 0 Å². The Morgan fingerprint density at radius 1 is 1.06 bits per heavy atom. The second-order valence-corrected chi connectivity index (χ2v) is 6.50. The molecular weight excluding hydrogens is 255 g/mol. The van der Waals surface area contributed by atoms with E-state index in [1.54, 1.807) is 0 Å². The van der Waals surface area contributed by atoms with Crippen LogP contribution in [0.2, 0.25) is 0 Å². The number of alkyl halides is 2. The van der Waals surface area contributed by atoms with Crippen LogP contribution < -0.4 is 0 Å². The molecule has 1 aliphatic carbocycles. The smallest absolute Gasteiger partial charge is 0.0586 e. The Bertz CT molecular complexity index is 234. The third-order valence-electron chi connectivity index (χ3n) is 4.71. The first-order valence-electron chi connectivity index (χ1n) is 6.97. The quantitative estimate of drug-likeness (QED) is 0.668. The molecule has 1 saturated heterocycles. The number of ether oxygens (including phenoxy) is 1. The van der Waals surface area contributed by atoms with Crippen LogP contribution in [0.1, 0.15) is 51.9 Å². The molecular formula is C14H24Cl2O. The highest BCUT2D eigenvalue weighted by Gasteiger charge is 2.42. The molecule has 1 aliphatic heterocycles. The molecule has 0 radical (unpaired) electrons. The van der Waals surface area contributed by atoms with Gasteiger partial charge in [-0.3, -0.25) is 0 Å². The van der Waals surface area contributed by atoms with Gasteiger partial charge < -0.3 is 4.74 Å². The highest BCUT2D eigenvalue weighted by molar-refractivity contribution is 6.21. The van der Waals surface area contributed by atoms with E-state index in [-0.39, 0.29) is 5.41 Å². The van der Waals surface area contributed by atoms with Gasteiger partial charge in [-0.1, -0.05) is 12.8 Å². The highest BCUT2D eigenvalue weighted by atomic mass is 35.5. The summed E-state index contributed by atoms with van der Waals surface area (Å²) in [6.45, 7) is 2.17. The van der Waals surface area contributed by atoms with Gasteiger partial charge in [-0.05, 0) is 44.9 Å². The minimum absolute atomic E-state index is 0.119. The molecule has 3 heteroatoms. The second-order valence-electron chi connectivity index (χ2n) is 5.96. The summed E-state index contributed by atoms with van der Waals surface area (Å²) in [5, 5.41) is 0. The predicted octanol–water partition coefficient (Wildman–Crippen LogP) is 4.60. The summed E-state index contributed by atoms with van der Waals surface area (Å²) in [5.74, 6) is 2.10. The van der Waals surface area contributed by atoms with E-state index in [4.69, 9.17) is 27.9 Å². The van der Waals surface area contributed by atoms with Crippen LogP contribution in [0.15, 0.2) is 0 Å². The van der Waals surface area contributed by atoms with Gasteiger partial charge in [-0.25, -0.2) is 0 Å². The zero-order valence-electron chi connectivity index (χ0n) is 10.8. The maximum absolute atomic E-state index is 6.28. The molecule has 0 spiro atoms. The molecule has 2 aliphatic rings. The van der Waals surface area contributed by atoms with Crippen LogP contribution in [-0.2, 0) is 4.74 Å². The largest absolute Gasteiger partial charge is 0.375 e. The van der Waals surface area contributed by atoms with Crippen LogP contribution in [-0.4, -0.2) is 24.0 Å². The summed E-state index contributed by atoms with van der Waals surface area (Å²) in [7, 11) is 0. The Kier molecular flexibility index (Phi) is 5.03. The number of halogens is 2. The van der Waals surface area contributed by atoms with Crippen LogP contribution in [0.5, 0.6) is 0 Å². The molecule has 0 bridgehead atoms.